The highest BCUT2D eigenvalue weighted by molar-refractivity contribution is 5.87. The largest absolute Gasteiger partial charge is 0.477 e. The number of aryl methyl sites for hydroxylation is 1. The van der Waals surface area contributed by atoms with E-state index in [1.807, 2.05) is 0 Å². The van der Waals surface area contributed by atoms with E-state index >= 15 is 0 Å². The summed E-state index contributed by atoms with van der Waals surface area (Å²) in [5.74, 6) is -1.08. The Balaban J connectivity index is 3.54. The maximum absolute atomic E-state index is 11.0. The Kier molecular flexibility index (Phi) is 1.99. The van der Waals surface area contributed by atoms with Gasteiger partial charge in [-0.2, -0.15) is 0 Å². The Labute approximate surface area is 69.1 Å². The van der Waals surface area contributed by atoms with Crippen LogP contribution in [0.1, 0.15) is 16.1 Å². The highest BCUT2D eigenvalue weighted by Gasteiger charge is 2.11. The quantitative estimate of drug-likeness (QED) is 0.658. The van der Waals surface area contributed by atoms with E-state index in [1.165, 1.54) is 23.8 Å². The van der Waals surface area contributed by atoms with Crippen molar-refractivity contribution in [2.45, 2.75) is 6.92 Å². The molecule has 1 aromatic heterocycles. The first kappa shape index (κ1) is 8.52. The molecule has 1 N–H and O–H groups in total. The van der Waals surface area contributed by atoms with Crippen molar-refractivity contribution >= 4 is 5.97 Å². The molecule has 4 heteroatoms. The average molecular weight is 167 g/mol. The fourth-order valence-electron chi connectivity index (χ4n) is 1.07. The zero-order valence-electron chi connectivity index (χ0n) is 6.87. The molecule has 0 unspecified atom stereocenters. The van der Waals surface area contributed by atoms with E-state index in [1.54, 1.807) is 7.05 Å². The predicted molar refractivity (Wildman–Crippen MR) is 43.4 cm³/mol. The standard InChI is InChI=1S/C8H9NO3/c1-5-6(10)3-4-9(2)7(5)8(11)12/h3-4H,1-2H3,(H,11,12). The Morgan fingerprint density at radius 3 is 2.58 bits per heavy atom. The summed E-state index contributed by atoms with van der Waals surface area (Å²) < 4.78 is 1.42. The van der Waals surface area contributed by atoms with E-state index < -0.39 is 5.97 Å². The summed E-state index contributed by atoms with van der Waals surface area (Å²) in [6.07, 6.45) is 1.44. The second kappa shape index (κ2) is 2.81. The van der Waals surface area contributed by atoms with Gasteiger partial charge in [-0.15, -0.1) is 0 Å². The van der Waals surface area contributed by atoms with Gasteiger partial charge in [0.2, 0.25) is 0 Å². The lowest BCUT2D eigenvalue weighted by atomic mass is 10.2. The Bertz CT molecular complexity index is 378. The number of rotatable bonds is 1. The number of nitrogens with zero attached hydrogens (tertiary/aromatic N) is 1. The van der Waals surface area contributed by atoms with Gasteiger partial charge in [-0.3, -0.25) is 4.79 Å². The molecule has 64 valence electrons. The third-order valence-electron chi connectivity index (χ3n) is 1.73. The molecule has 0 bridgehead atoms. The van der Waals surface area contributed by atoms with E-state index in [0.717, 1.165) is 0 Å². The fraction of sp³-hybridized carbons (Fsp3) is 0.250. The molecule has 0 aliphatic heterocycles. The maximum Gasteiger partial charge on any atom is 0.352 e. The van der Waals surface area contributed by atoms with Crippen molar-refractivity contribution < 1.29 is 9.90 Å². The topological polar surface area (TPSA) is 59.3 Å². The van der Waals surface area contributed by atoms with Crippen molar-refractivity contribution in [3.63, 3.8) is 0 Å². The van der Waals surface area contributed by atoms with E-state index in [9.17, 15) is 9.59 Å². The molecule has 0 aliphatic carbocycles. The number of hydrogen-bond acceptors (Lipinski definition) is 2. The first-order chi connectivity index (χ1) is 5.54. The second-order valence-corrected chi connectivity index (χ2v) is 2.57. The zero-order valence-corrected chi connectivity index (χ0v) is 6.87. The lowest BCUT2D eigenvalue weighted by Crippen LogP contribution is -2.17. The van der Waals surface area contributed by atoms with Gasteiger partial charge in [0.15, 0.2) is 5.43 Å². The molecule has 1 heterocycles. The van der Waals surface area contributed by atoms with Crippen LogP contribution < -0.4 is 5.43 Å². The SMILES string of the molecule is Cc1c(C(=O)O)n(C)ccc1=O. The van der Waals surface area contributed by atoms with Gasteiger partial charge >= 0.3 is 5.97 Å². The smallest absolute Gasteiger partial charge is 0.352 e. The predicted octanol–water partition coefficient (Wildman–Crippen LogP) is 0.392. The van der Waals surface area contributed by atoms with Crippen LogP contribution in [-0.4, -0.2) is 15.6 Å². The second-order valence-electron chi connectivity index (χ2n) is 2.57. The average Bonchev–Trinajstić information content (AvgIpc) is 1.97. The van der Waals surface area contributed by atoms with Crippen LogP contribution in [0.3, 0.4) is 0 Å². The Morgan fingerprint density at radius 1 is 1.58 bits per heavy atom. The number of hydrogen-bond donors (Lipinski definition) is 1. The van der Waals surface area contributed by atoms with Crippen molar-refractivity contribution in [1.29, 1.82) is 0 Å². The molecule has 0 aliphatic rings. The molecule has 0 saturated carbocycles. The number of carboxylic acids is 1. The van der Waals surface area contributed by atoms with Crippen molar-refractivity contribution in [1.82, 2.24) is 4.57 Å². The first-order valence-electron chi connectivity index (χ1n) is 3.43. The summed E-state index contributed by atoms with van der Waals surface area (Å²) in [5, 5.41) is 8.71. The van der Waals surface area contributed by atoms with Crippen LogP contribution in [-0.2, 0) is 7.05 Å². The molecule has 0 atom stereocenters. The Hall–Kier alpha value is -1.58. The maximum atomic E-state index is 11.0. The van der Waals surface area contributed by atoms with Crippen LogP contribution in [0.2, 0.25) is 0 Å². The van der Waals surface area contributed by atoms with E-state index in [0.29, 0.717) is 0 Å². The van der Waals surface area contributed by atoms with E-state index in [-0.39, 0.29) is 16.7 Å². The lowest BCUT2D eigenvalue weighted by Gasteiger charge is -2.05. The first-order valence-corrected chi connectivity index (χ1v) is 3.43. The van der Waals surface area contributed by atoms with Gasteiger partial charge in [0, 0.05) is 24.9 Å². The van der Waals surface area contributed by atoms with Gasteiger partial charge < -0.3 is 9.67 Å². The molecule has 0 fully saturated rings. The molecule has 4 nitrogen and oxygen atoms in total. The minimum Gasteiger partial charge on any atom is -0.477 e. The molecular formula is C8H9NO3. The van der Waals surface area contributed by atoms with Gasteiger partial charge in [0.25, 0.3) is 0 Å². The number of carbonyl (C=O) groups is 1. The lowest BCUT2D eigenvalue weighted by molar-refractivity contribution is 0.0684. The number of pyridine rings is 1. The molecule has 0 aromatic carbocycles. The van der Waals surface area contributed by atoms with Crippen molar-refractivity contribution in [3.8, 4) is 0 Å². The van der Waals surface area contributed by atoms with Crippen LogP contribution in [0.15, 0.2) is 17.1 Å². The number of aromatic nitrogens is 1. The van der Waals surface area contributed by atoms with Crippen LogP contribution >= 0.6 is 0 Å². The van der Waals surface area contributed by atoms with E-state index in [2.05, 4.69) is 0 Å². The monoisotopic (exact) mass is 167 g/mol. The zero-order chi connectivity index (χ0) is 9.30. The molecule has 1 rings (SSSR count). The summed E-state index contributed by atoms with van der Waals surface area (Å²) >= 11 is 0. The summed E-state index contributed by atoms with van der Waals surface area (Å²) in [4.78, 5) is 21.7. The van der Waals surface area contributed by atoms with Gasteiger partial charge in [-0.05, 0) is 6.92 Å². The van der Waals surface area contributed by atoms with Gasteiger partial charge in [-0.1, -0.05) is 0 Å². The third kappa shape index (κ3) is 1.23. The van der Waals surface area contributed by atoms with Crippen LogP contribution in [0.4, 0.5) is 0 Å². The van der Waals surface area contributed by atoms with E-state index in [4.69, 9.17) is 5.11 Å². The van der Waals surface area contributed by atoms with Crippen LogP contribution in [0.25, 0.3) is 0 Å². The van der Waals surface area contributed by atoms with Gasteiger partial charge in [0.1, 0.15) is 5.69 Å². The molecule has 0 saturated heterocycles. The van der Waals surface area contributed by atoms with Crippen LogP contribution in [0.5, 0.6) is 0 Å². The van der Waals surface area contributed by atoms with Crippen molar-refractivity contribution in [2.24, 2.45) is 7.05 Å². The third-order valence-corrected chi connectivity index (χ3v) is 1.73. The fourth-order valence-corrected chi connectivity index (χ4v) is 1.07. The molecule has 12 heavy (non-hydrogen) atoms. The minimum atomic E-state index is -1.08. The molecule has 0 amide bonds. The number of aromatic carboxylic acids is 1. The molecule has 1 aromatic rings. The molecule has 0 radical (unpaired) electrons. The molecule has 0 spiro atoms. The van der Waals surface area contributed by atoms with Crippen LogP contribution in [0, 0.1) is 6.92 Å². The Morgan fingerprint density at radius 2 is 2.17 bits per heavy atom. The van der Waals surface area contributed by atoms with Gasteiger partial charge in [-0.25, -0.2) is 4.79 Å². The summed E-state index contributed by atoms with van der Waals surface area (Å²) in [5.41, 5.74) is 0.0699. The highest BCUT2D eigenvalue weighted by atomic mass is 16.4. The summed E-state index contributed by atoms with van der Waals surface area (Å²) in [6.45, 7) is 1.51. The minimum absolute atomic E-state index is 0.0440. The highest BCUT2D eigenvalue weighted by Crippen LogP contribution is 2.00. The normalized spacial score (nSPS) is 9.83. The van der Waals surface area contributed by atoms with Crippen molar-refractivity contribution in [2.75, 3.05) is 0 Å². The van der Waals surface area contributed by atoms with Gasteiger partial charge in [0.05, 0.1) is 0 Å². The summed E-state index contributed by atoms with van der Waals surface area (Å²) in [6, 6.07) is 1.35. The van der Waals surface area contributed by atoms with Crippen molar-refractivity contribution in [3.05, 3.63) is 33.7 Å². The molecular weight excluding hydrogens is 158 g/mol. The number of carboxylic acid groups (broad SMARTS) is 1. The summed E-state index contributed by atoms with van der Waals surface area (Å²) in [7, 11) is 1.59.